The third kappa shape index (κ3) is 5.23. The second-order valence-electron chi connectivity index (χ2n) is 6.22. The quantitative estimate of drug-likeness (QED) is 0.585. The first-order chi connectivity index (χ1) is 11.7. The van der Waals surface area contributed by atoms with E-state index in [-0.39, 0.29) is 0 Å². The van der Waals surface area contributed by atoms with Crippen molar-refractivity contribution in [3.05, 3.63) is 35.4 Å². The molecule has 5 nitrogen and oxygen atoms in total. The number of nitrogens with one attached hydrogen (secondary N) is 1. The van der Waals surface area contributed by atoms with Crippen LogP contribution >= 0.6 is 0 Å². The molecule has 1 aromatic rings. The first kappa shape index (κ1) is 18.8. The molecule has 5 heteroatoms. The zero-order chi connectivity index (χ0) is 17.4. The molecule has 1 aliphatic heterocycles. The van der Waals surface area contributed by atoms with Crippen LogP contribution in [0.1, 0.15) is 25.5 Å². The second kappa shape index (κ2) is 9.67. The molecule has 1 aromatic carbocycles. The lowest BCUT2D eigenvalue weighted by Crippen LogP contribution is -2.42. The first-order valence-corrected chi connectivity index (χ1v) is 8.53. The smallest absolute Gasteiger partial charge is 0.161 e. The Morgan fingerprint density at radius 3 is 2.54 bits per heavy atom. The summed E-state index contributed by atoms with van der Waals surface area (Å²) in [5.41, 5.74) is 2.57. The van der Waals surface area contributed by atoms with Crippen molar-refractivity contribution in [3.8, 4) is 11.5 Å². The number of nitrogens with zero attached hydrogens (tertiary/aromatic N) is 1. The molecule has 1 heterocycles. The molecule has 1 saturated heterocycles. The maximum absolute atomic E-state index is 5.51. The van der Waals surface area contributed by atoms with E-state index in [0.717, 1.165) is 50.9 Å². The van der Waals surface area contributed by atoms with Crippen molar-refractivity contribution in [1.29, 1.82) is 0 Å². The monoisotopic (exact) mass is 334 g/mol. The first-order valence-electron chi connectivity index (χ1n) is 8.53. The van der Waals surface area contributed by atoms with Crippen molar-refractivity contribution in [1.82, 2.24) is 10.2 Å². The van der Waals surface area contributed by atoms with Crippen LogP contribution in [0.2, 0.25) is 0 Å². The van der Waals surface area contributed by atoms with Gasteiger partial charge in [-0.25, -0.2) is 0 Å². The molecule has 1 unspecified atom stereocenters. The fourth-order valence-electron chi connectivity index (χ4n) is 2.90. The van der Waals surface area contributed by atoms with Gasteiger partial charge in [-0.3, -0.25) is 4.90 Å². The van der Waals surface area contributed by atoms with E-state index in [0.29, 0.717) is 6.04 Å². The van der Waals surface area contributed by atoms with E-state index in [1.54, 1.807) is 14.2 Å². The minimum absolute atomic E-state index is 0.291. The maximum atomic E-state index is 5.51. The summed E-state index contributed by atoms with van der Waals surface area (Å²) in [6.07, 6.45) is 2.21. The average molecular weight is 334 g/mol. The lowest BCUT2D eigenvalue weighted by atomic mass is 10.0. The molecule has 1 fully saturated rings. The van der Waals surface area contributed by atoms with Crippen molar-refractivity contribution in [3.63, 3.8) is 0 Å². The summed E-state index contributed by atoms with van der Waals surface area (Å²) in [6.45, 7) is 9.49. The van der Waals surface area contributed by atoms with Crippen molar-refractivity contribution in [2.24, 2.45) is 0 Å². The van der Waals surface area contributed by atoms with Crippen LogP contribution in [0.15, 0.2) is 29.8 Å². The van der Waals surface area contributed by atoms with Crippen LogP contribution in [0.4, 0.5) is 0 Å². The second-order valence-corrected chi connectivity index (χ2v) is 6.22. The number of morpholine rings is 1. The molecule has 0 saturated carbocycles. The summed E-state index contributed by atoms with van der Waals surface area (Å²) >= 11 is 0. The van der Waals surface area contributed by atoms with Crippen molar-refractivity contribution >= 4 is 0 Å². The topological polar surface area (TPSA) is 43.0 Å². The number of ether oxygens (including phenoxy) is 3. The number of allylic oxidation sites excluding steroid dienone is 1. The normalized spacial score (nSPS) is 16.5. The molecule has 1 aliphatic rings. The van der Waals surface area contributed by atoms with Gasteiger partial charge in [0.2, 0.25) is 0 Å². The summed E-state index contributed by atoms with van der Waals surface area (Å²) in [6, 6.07) is 6.49. The number of rotatable bonds is 8. The number of hydrogen-bond donors (Lipinski definition) is 1. The Labute approximate surface area is 145 Å². The van der Waals surface area contributed by atoms with E-state index in [1.807, 2.05) is 6.07 Å². The van der Waals surface area contributed by atoms with Gasteiger partial charge in [0.15, 0.2) is 11.5 Å². The van der Waals surface area contributed by atoms with E-state index >= 15 is 0 Å². The minimum atomic E-state index is 0.291. The highest BCUT2D eigenvalue weighted by Gasteiger charge is 2.23. The molecule has 134 valence electrons. The predicted octanol–water partition coefficient (Wildman–Crippen LogP) is 2.63. The number of hydrogen-bond acceptors (Lipinski definition) is 5. The largest absolute Gasteiger partial charge is 0.493 e. The van der Waals surface area contributed by atoms with Gasteiger partial charge in [0, 0.05) is 32.2 Å². The van der Waals surface area contributed by atoms with Crippen LogP contribution in [0.5, 0.6) is 11.5 Å². The summed E-state index contributed by atoms with van der Waals surface area (Å²) in [5, 5.41) is 3.55. The molecule has 0 aromatic heterocycles. The third-order valence-corrected chi connectivity index (χ3v) is 4.27. The highest BCUT2D eigenvalue weighted by atomic mass is 16.5. The Morgan fingerprint density at radius 2 is 1.92 bits per heavy atom. The Balaban J connectivity index is 2.15. The third-order valence-electron chi connectivity index (χ3n) is 4.27. The lowest BCUT2D eigenvalue weighted by molar-refractivity contribution is 0.0163. The molecule has 0 radical (unpaired) electrons. The van der Waals surface area contributed by atoms with Crippen LogP contribution in [0, 0.1) is 0 Å². The van der Waals surface area contributed by atoms with Gasteiger partial charge in [-0.15, -0.1) is 0 Å². The molecular weight excluding hydrogens is 304 g/mol. The molecule has 1 atom stereocenters. The molecule has 0 aliphatic carbocycles. The van der Waals surface area contributed by atoms with Crippen molar-refractivity contribution < 1.29 is 14.2 Å². The van der Waals surface area contributed by atoms with E-state index in [9.17, 15) is 0 Å². The molecular formula is C19H30N2O3. The van der Waals surface area contributed by atoms with Gasteiger partial charge in [-0.1, -0.05) is 17.7 Å². The minimum Gasteiger partial charge on any atom is -0.493 e. The van der Waals surface area contributed by atoms with Gasteiger partial charge in [0.25, 0.3) is 0 Å². The molecule has 1 N–H and O–H groups in total. The molecule has 0 amide bonds. The fourth-order valence-corrected chi connectivity index (χ4v) is 2.90. The zero-order valence-corrected chi connectivity index (χ0v) is 15.3. The van der Waals surface area contributed by atoms with Gasteiger partial charge in [-0.05, 0) is 31.5 Å². The highest BCUT2D eigenvalue weighted by Crippen LogP contribution is 2.32. The van der Waals surface area contributed by atoms with E-state index < -0.39 is 0 Å². The Hall–Kier alpha value is -1.56. The van der Waals surface area contributed by atoms with Gasteiger partial charge in [0.1, 0.15) is 0 Å². The summed E-state index contributed by atoms with van der Waals surface area (Å²) in [4.78, 5) is 2.47. The SMILES string of the molecule is COc1ccc(C(CNCC=C(C)C)N2CCOCC2)cc1OC. The Bertz CT molecular complexity index is 535. The summed E-state index contributed by atoms with van der Waals surface area (Å²) in [5.74, 6) is 1.54. The Morgan fingerprint density at radius 1 is 1.21 bits per heavy atom. The van der Waals surface area contributed by atoms with E-state index in [1.165, 1.54) is 11.1 Å². The van der Waals surface area contributed by atoms with Gasteiger partial charge in [-0.2, -0.15) is 0 Å². The molecule has 24 heavy (non-hydrogen) atoms. The predicted molar refractivity (Wildman–Crippen MR) is 97.0 cm³/mol. The van der Waals surface area contributed by atoms with Crippen LogP contribution in [-0.2, 0) is 4.74 Å². The van der Waals surface area contributed by atoms with Crippen LogP contribution in [-0.4, -0.2) is 58.5 Å². The number of benzene rings is 1. The Kier molecular flexibility index (Phi) is 7.56. The summed E-state index contributed by atoms with van der Waals surface area (Å²) < 4.78 is 16.3. The van der Waals surface area contributed by atoms with Crippen LogP contribution in [0.3, 0.4) is 0 Å². The van der Waals surface area contributed by atoms with Gasteiger partial charge in [0.05, 0.1) is 27.4 Å². The van der Waals surface area contributed by atoms with Crippen molar-refractivity contribution in [2.45, 2.75) is 19.9 Å². The molecule has 0 bridgehead atoms. The zero-order valence-electron chi connectivity index (χ0n) is 15.3. The molecule has 2 rings (SSSR count). The van der Waals surface area contributed by atoms with E-state index in [2.05, 4.69) is 42.3 Å². The van der Waals surface area contributed by atoms with Crippen LogP contribution < -0.4 is 14.8 Å². The number of methoxy groups -OCH3 is 2. The maximum Gasteiger partial charge on any atom is 0.161 e. The lowest BCUT2D eigenvalue weighted by Gasteiger charge is -2.35. The van der Waals surface area contributed by atoms with Crippen molar-refractivity contribution in [2.75, 3.05) is 53.6 Å². The van der Waals surface area contributed by atoms with E-state index in [4.69, 9.17) is 14.2 Å². The average Bonchev–Trinajstić information content (AvgIpc) is 2.61. The van der Waals surface area contributed by atoms with Gasteiger partial charge < -0.3 is 19.5 Å². The highest BCUT2D eigenvalue weighted by molar-refractivity contribution is 5.44. The van der Waals surface area contributed by atoms with Gasteiger partial charge >= 0.3 is 0 Å². The fraction of sp³-hybridized carbons (Fsp3) is 0.579. The molecule has 0 spiro atoms. The van der Waals surface area contributed by atoms with Crippen LogP contribution in [0.25, 0.3) is 0 Å². The standard InChI is InChI=1S/C19H30N2O3/c1-15(2)7-8-20-14-17(21-9-11-24-12-10-21)16-5-6-18(22-3)19(13-16)23-4/h5-7,13,17,20H,8-12,14H2,1-4H3. The summed E-state index contributed by atoms with van der Waals surface area (Å²) in [7, 11) is 3.34.